The Kier molecular flexibility index (Phi) is 4.66. The van der Waals surface area contributed by atoms with E-state index in [-0.39, 0.29) is 6.10 Å². The highest BCUT2D eigenvalue weighted by Crippen LogP contribution is 2.37. The van der Waals surface area contributed by atoms with Crippen molar-refractivity contribution < 1.29 is 14.2 Å². The number of benzene rings is 1. The average Bonchev–Trinajstić information content (AvgIpc) is 3.37. The molecule has 2 unspecified atom stereocenters. The first-order chi connectivity index (χ1) is 10.3. The highest BCUT2D eigenvalue weighted by Gasteiger charge is 2.30. The second-order valence-electron chi connectivity index (χ2n) is 6.02. The minimum absolute atomic E-state index is 0.133. The van der Waals surface area contributed by atoms with Gasteiger partial charge >= 0.3 is 0 Å². The van der Waals surface area contributed by atoms with Crippen molar-refractivity contribution >= 4 is 0 Å². The Morgan fingerprint density at radius 1 is 1.10 bits per heavy atom. The Bertz CT molecular complexity index is 451. The van der Waals surface area contributed by atoms with Gasteiger partial charge in [0.1, 0.15) is 11.5 Å². The molecule has 0 radical (unpaired) electrons. The summed E-state index contributed by atoms with van der Waals surface area (Å²) in [6.07, 6.45) is 5.14. The molecule has 2 fully saturated rings. The molecular formula is C17H25NO3. The third-order valence-corrected chi connectivity index (χ3v) is 4.39. The van der Waals surface area contributed by atoms with Crippen LogP contribution in [0, 0.1) is 5.92 Å². The largest absolute Gasteiger partial charge is 0.497 e. The molecule has 0 amide bonds. The van der Waals surface area contributed by atoms with Crippen molar-refractivity contribution in [1.82, 2.24) is 5.32 Å². The third-order valence-electron chi connectivity index (χ3n) is 4.39. The van der Waals surface area contributed by atoms with E-state index in [2.05, 4.69) is 17.4 Å². The van der Waals surface area contributed by atoms with Crippen LogP contribution in [0.5, 0.6) is 11.5 Å². The second kappa shape index (κ2) is 6.67. The first-order valence-corrected chi connectivity index (χ1v) is 7.88. The van der Waals surface area contributed by atoms with Crippen molar-refractivity contribution in [3.8, 4) is 11.5 Å². The van der Waals surface area contributed by atoms with Gasteiger partial charge in [0.05, 0.1) is 20.3 Å². The standard InChI is InChI=1S/C17H25NO3/c1-19-15-8-13(9-16(10-15)20-2)17-12(4-3-7-21-17)11-18-14-5-6-14/h8-10,12,14,17-18H,3-7,11H2,1-2H3. The SMILES string of the molecule is COc1cc(OC)cc(C2OCCCC2CNC2CC2)c1. The van der Waals surface area contributed by atoms with Gasteiger partial charge in [0.2, 0.25) is 0 Å². The summed E-state index contributed by atoms with van der Waals surface area (Å²) in [6.45, 7) is 1.87. The van der Waals surface area contributed by atoms with Crippen molar-refractivity contribution in [2.45, 2.75) is 37.8 Å². The molecule has 3 rings (SSSR count). The Hall–Kier alpha value is -1.26. The molecule has 1 N–H and O–H groups in total. The van der Waals surface area contributed by atoms with Crippen LogP contribution in [0.3, 0.4) is 0 Å². The molecule has 0 spiro atoms. The Balaban J connectivity index is 1.77. The summed E-state index contributed by atoms with van der Waals surface area (Å²) in [6, 6.07) is 6.79. The van der Waals surface area contributed by atoms with Crippen LogP contribution in [0.4, 0.5) is 0 Å². The number of nitrogens with one attached hydrogen (secondary N) is 1. The molecule has 1 saturated heterocycles. The normalized spacial score (nSPS) is 25.6. The van der Waals surface area contributed by atoms with Crippen molar-refractivity contribution in [1.29, 1.82) is 0 Å². The fraction of sp³-hybridized carbons (Fsp3) is 0.647. The van der Waals surface area contributed by atoms with E-state index in [9.17, 15) is 0 Å². The van der Waals surface area contributed by atoms with E-state index in [1.165, 1.54) is 19.3 Å². The molecule has 1 saturated carbocycles. The molecule has 116 valence electrons. The summed E-state index contributed by atoms with van der Waals surface area (Å²) in [5, 5.41) is 3.64. The Morgan fingerprint density at radius 2 is 1.81 bits per heavy atom. The minimum Gasteiger partial charge on any atom is -0.497 e. The lowest BCUT2D eigenvalue weighted by atomic mass is 9.89. The number of ether oxygens (including phenoxy) is 3. The average molecular weight is 291 g/mol. The van der Waals surface area contributed by atoms with Gasteiger partial charge in [-0.1, -0.05) is 0 Å². The van der Waals surface area contributed by atoms with Gasteiger partial charge in [-0.3, -0.25) is 0 Å². The zero-order valence-electron chi connectivity index (χ0n) is 12.9. The molecule has 1 aliphatic carbocycles. The maximum atomic E-state index is 6.08. The highest BCUT2D eigenvalue weighted by atomic mass is 16.5. The van der Waals surface area contributed by atoms with E-state index in [4.69, 9.17) is 14.2 Å². The molecule has 1 aliphatic heterocycles. The van der Waals surface area contributed by atoms with Gasteiger partial charge in [-0.05, 0) is 43.4 Å². The van der Waals surface area contributed by atoms with Gasteiger partial charge in [-0.2, -0.15) is 0 Å². The van der Waals surface area contributed by atoms with Gasteiger partial charge in [-0.15, -0.1) is 0 Å². The number of hydrogen-bond acceptors (Lipinski definition) is 4. The van der Waals surface area contributed by atoms with Crippen molar-refractivity contribution in [2.75, 3.05) is 27.4 Å². The summed E-state index contributed by atoms with van der Waals surface area (Å²) in [4.78, 5) is 0. The van der Waals surface area contributed by atoms with Gasteiger partial charge in [0.25, 0.3) is 0 Å². The zero-order chi connectivity index (χ0) is 14.7. The number of hydrogen-bond donors (Lipinski definition) is 1. The molecule has 2 aliphatic rings. The monoisotopic (exact) mass is 291 g/mol. The van der Waals surface area contributed by atoms with Gasteiger partial charge in [0, 0.05) is 31.2 Å². The number of rotatable bonds is 6. The first kappa shape index (κ1) is 14.7. The third kappa shape index (κ3) is 3.69. The van der Waals surface area contributed by atoms with E-state index in [1.54, 1.807) is 14.2 Å². The van der Waals surface area contributed by atoms with Crippen LogP contribution in [-0.2, 0) is 4.74 Å². The van der Waals surface area contributed by atoms with Crippen LogP contribution in [0.1, 0.15) is 37.4 Å². The van der Waals surface area contributed by atoms with E-state index in [0.717, 1.165) is 42.7 Å². The molecular weight excluding hydrogens is 266 g/mol. The Labute approximate surface area is 126 Å². The lowest BCUT2D eigenvalue weighted by Gasteiger charge is -2.32. The quantitative estimate of drug-likeness (QED) is 0.875. The van der Waals surface area contributed by atoms with Crippen LogP contribution in [-0.4, -0.2) is 33.4 Å². The van der Waals surface area contributed by atoms with Crippen molar-refractivity contribution in [3.05, 3.63) is 23.8 Å². The van der Waals surface area contributed by atoms with Crippen molar-refractivity contribution in [3.63, 3.8) is 0 Å². The van der Waals surface area contributed by atoms with E-state index in [1.807, 2.05) is 6.07 Å². The maximum Gasteiger partial charge on any atom is 0.122 e. The minimum atomic E-state index is 0.133. The molecule has 0 aromatic heterocycles. The van der Waals surface area contributed by atoms with E-state index >= 15 is 0 Å². The Morgan fingerprint density at radius 3 is 2.43 bits per heavy atom. The molecule has 4 nitrogen and oxygen atoms in total. The number of methoxy groups -OCH3 is 2. The topological polar surface area (TPSA) is 39.7 Å². The van der Waals surface area contributed by atoms with E-state index < -0.39 is 0 Å². The summed E-state index contributed by atoms with van der Waals surface area (Å²) in [5.74, 6) is 2.18. The van der Waals surface area contributed by atoms with Gasteiger partial charge in [-0.25, -0.2) is 0 Å². The summed E-state index contributed by atoms with van der Waals surface area (Å²) < 4.78 is 16.8. The fourth-order valence-electron chi connectivity index (χ4n) is 3.02. The highest BCUT2D eigenvalue weighted by molar-refractivity contribution is 5.39. The van der Waals surface area contributed by atoms with Crippen LogP contribution in [0.15, 0.2) is 18.2 Å². The van der Waals surface area contributed by atoms with Crippen LogP contribution in [0.2, 0.25) is 0 Å². The first-order valence-electron chi connectivity index (χ1n) is 7.88. The molecule has 1 aromatic carbocycles. The molecule has 4 heteroatoms. The molecule has 1 aromatic rings. The van der Waals surface area contributed by atoms with Crippen molar-refractivity contribution in [2.24, 2.45) is 5.92 Å². The molecule has 21 heavy (non-hydrogen) atoms. The smallest absolute Gasteiger partial charge is 0.122 e. The fourth-order valence-corrected chi connectivity index (χ4v) is 3.02. The summed E-state index contributed by atoms with van der Waals surface area (Å²) in [5.41, 5.74) is 1.16. The summed E-state index contributed by atoms with van der Waals surface area (Å²) in [7, 11) is 3.37. The molecule has 0 bridgehead atoms. The molecule has 2 atom stereocenters. The maximum absolute atomic E-state index is 6.08. The molecule has 1 heterocycles. The lowest BCUT2D eigenvalue weighted by Crippen LogP contribution is -2.32. The summed E-state index contributed by atoms with van der Waals surface area (Å²) >= 11 is 0. The van der Waals surface area contributed by atoms with Crippen LogP contribution in [0.25, 0.3) is 0 Å². The van der Waals surface area contributed by atoms with Gasteiger partial charge < -0.3 is 19.5 Å². The van der Waals surface area contributed by atoms with Crippen LogP contribution < -0.4 is 14.8 Å². The van der Waals surface area contributed by atoms with Crippen LogP contribution >= 0.6 is 0 Å². The van der Waals surface area contributed by atoms with E-state index in [0.29, 0.717) is 5.92 Å². The zero-order valence-corrected chi connectivity index (χ0v) is 12.9. The lowest BCUT2D eigenvalue weighted by molar-refractivity contribution is -0.0280. The predicted molar refractivity (Wildman–Crippen MR) is 82.0 cm³/mol. The second-order valence-corrected chi connectivity index (χ2v) is 6.02. The van der Waals surface area contributed by atoms with Gasteiger partial charge in [0.15, 0.2) is 0 Å². The predicted octanol–water partition coefficient (Wildman–Crippen LogP) is 2.92.